The summed E-state index contributed by atoms with van der Waals surface area (Å²) in [6.07, 6.45) is 0. The van der Waals surface area contributed by atoms with Gasteiger partial charge in [0.25, 0.3) is 0 Å². The monoisotopic (exact) mass is 278 g/mol. The number of benzene rings is 1. The normalized spacial score (nSPS) is 10.2. The van der Waals surface area contributed by atoms with E-state index in [1.807, 2.05) is 38.1 Å². The van der Waals surface area contributed by atoms with Crippen molar-refractivity contribution in [1.82, 2.24) is 9.97 Å². The molecule has 0 atom stereocenters. The van der Waals surface area contributed by atoms with Crippen LogP contribution in [0, 0.1) is 13.8 Å². The van der Waals surface area contributed by atoms with Crippen LogP contribution in [0.2, 0.25) is 0 Å². The number of rotatable bonds is 2. The van der Waals surface area contributed by atoms with Crippen LogP contribution in [0.1, 0.15) is 11.4 Å². The summed E-state index contributed by atoms with van der Waals surface area (Å²) in [7, 11) is 0. The molecule has 1 heterocycles. The molecule has 0 saturated carbocycles. The molecule has 0 unspecified atom stereocenters. The van der Waals surface area contributed by atoms with E-state index in [1.165, 1.54) is 0 Å². The Bertz CT molecular complexity index is 494. The lowest BCUT2D eigenvalue weighted by Crippen LogP contribution is -1.93. The second kappa shape index (κ2) is 4.61. The molecule has 3 nitrogen and oxygen atoms in total. The molecule has 82 valence electrons. The molecule has 1 aromatic heterocycles. The Labute approximate surface area is 103 Å². The molecule has 16 heavy (non-hydrogen) atoms. The second-order valence-electron chi connectivity index (χ2n) is 3.49. The maximum Gasteiger partial charge on any atom is 0.223 e. The molecule has 0 spiro atoms. The van der Waals surface area contributed by atoms with E-state index in [1.54, 1.807) is 6.07 Å². The quantitative estimate of drug-likeness (QED) is 0.787. The highest BCUT2D eigenvalue weighted by Gasteiger charge is 2.02. The van der Waals surface area contributed by atoms with Crippen molar-refractivity contribution in [1.29, 1.82) is 0 Å². The Hall–Kier alpha value is -1.42. The first-order valence-electron chi connectivity index (χ1n) is 4.89. The van der Waals surface area contributed by atoms with E-state index in [0.717, 1.165) is 15.9 Å². The average molecular weight is 279 g/mol. The van der Waals surface area contributed by atoms with E-state index in [9.17, 15) is 0 Å². The van der Waals surface area contributed by atoms with Gasteiger partial charge in [-0.15, -0.1) is 0 Å². The predicted molar refractivity (Wildman–Crippen MR) is 65.7 cm³/mol. The van der Waals surface area contributed by atoms with Crippen LogP contribution >= 0.6 is 15.9 Å². The first-order valence-corrected chi connectivity index (χ1v) is 5.68. The first kappa shape index (κ1) is 11.1. The van der Waals surface area contributed by atoms with Crippen molar-refractivity contribution >= 4 is 15.9 Å². The number of hydrogen-bond acceptors (Lipinski definition) is 3. The van der Waals surface area contributed by atoms with Gasteiger partial charge in [0.1, 0.15) is 16.2 Å². The maximum absolute atomic E-state index is 5.64. The van der Waals surface area contributed by atoms with Gasteiger partial charge < -0.3 is 4.74 Å². The Morgan fingerprint density at radius 2 is 1.94 bits per heavy atom. The highest BCUT2D eigenvalue weighted by atomic mass is 79.9. The zero-order valence-corrected chi connectivity index (χ0v) is 10.7. The fraction of sp³-hybridized carbons (Fsp3) is 0.167. The predicted octanol–water partition coefficient (Wildman–Crippen LogP) is 3.65. The summed E-state index contributed by atoms with van der Waals surface area (Å²) in [6.45, 7) is 3.85. The third-order valence-electron chi connectivity index (χ3n) is 2.00. The topological polar surface area (TPSA) is 35.0 Å². The Kier molecular flexibility index (Phi) is 3.19. The summed E-state index contributed by atoms with van der Waals surface area (Å²) in [5.41, 5.74) is 1.15. The molecule has 0 aliphatic heterocycles. The van der Waals surface area contributed by atoms with Crippen molar-refractivity contribution in [3.05, 3.63) is 46.3 Å². The number of aromatic nitrogens is 2. The van der Waals surface area contributed by atoms with E-state index in [0.29, 0.717) is 11.7 Å². The van der Waals surface area contributed by atoms with Crippen molar-refractivity contribution in [3.63, 3.8) is 0 Å². The molecular weight excluding hydrogens is 268 g/mol. The van der Waals surface area contributed by atoms with E-state index >= 15 is 0 Å². The summed E-state index contributed by atoms with van der Waals surface area (Å²) in [4.78, 5) is 8.31. The minimum absolute atomic E-state index is 0.546. The Balaban J connectivity index is 2.27. The van der Waals surface area contributed by atoms with Gasteiger partial charge in [0.2, 0.25) is 5.88 Å². The van der Waals surface area contributed by atoms with Gasteiger partial charge in [-0.05, 0) is 47.5 Å². The molecule has 0 aliphatic carbocycles. The fourth-order valence-corrected chi connectivity index (χ4v) is 1.81. The van der Waals surface area contributed by atoms with Gasteiger partial charge in [-0.2, -0.15) is 4.98 Å². The zero-order valence-electron chi connectivity index (χ0n) is 9.07. The van der Waals surface area contributed by atoms with Crippen LogP contribution in [0.3, 0.4) is 0 Å². The van der Waals surface area contributed by atoms with E-state index in [2.05, 4.69) is 25.9 Å². The average Bonchev–Trinajstić information content (AvgIpc) is 2.15. The number of nitrogens with zero attached hydrogens (tertiary/aromatic N) is 2. The van der Waals surface area contributed by atoms with Crippen molar-refractivity contribution in [3.8, 4) is 11.6 Å². The number of ether oxygens (including phenoxy) is 1. The summed E-state index contributed by atoms with van der Waals surface area (Å²) < 4.78 is 6.36. The maximum atomic E-state index is 5.64. The van der Waals surface area contributed by atoms with E-state index in [4.69, 9.17) is 4.74 Å². The van der Waals surface area contributed by atoms with Crippen LogP contribution in [0.15, 0.2) is 34.9 Å². The van der Waals surface area contributed by atoms with E-state index < -0.39 is 0 Å². The van der Waals surface area contributed by atoms with Gasteiger partial charge >= 0.3 is 0 Å². The van der Waals surface area contributed by atoms with Crippen molar-refractivity contribution in [2.75, 3.05) is 0 Å². The minimum Gasteiger partial charge on any atom is -0.439 e. The molecule has 2 rings (SSSR count). The van der Waals surface area contributed by atoms with E-state index in [-0.39, 0.29) is 0 Å². The minimum atomic E-state index is 0.546. The molecular formula is C12H11BrN2O. The van der Waals surface area contributed by atoms with Crippen LogP contribution in [-0.4, -0.2) is 9.97 Å². The molecule has 0 amide bonds. The van der Waals surface area contributed by atoms with Gasteiger partial charge in [-0.25, -0.2) is 4.98 Å². The molecule has 0 saturated heterocycles. The summed E-state index contributed by atoms with van der Waals surface area (Å²) in [5.74, 6) is 2.01. The van der Waals surface area contributed by atoms with Gasteiger partial charge in [0.15, 0.2) is 0 Å². The third kappa shape index (κ3) is 2.79. The summed E-state index contributed by atoms with van der Waals surface area (Å²) in [5, 5.41) is 0. The Morgan fingerprint density at radius 3 is 2.62 bits per heavy atom. The van der Waals surface area contributed by atoms with Gasteiger partial charge in [-0.3, -0.25) is 0 Å². The molecule has 0 fully saturated rings. The van der Waals surface area contributed by atoms with Crippen molar-refractivity contribution in [2.24, 2.45) is 0 Å². The van der Waals surface area contributed by atoms with Crippen LogP contribution in [0.25, 0.3) is 0 Å². The molecule has 0 radical (unpaired) electrons. The second-order valence-corrected chi connectivity index (χ2v) is 4.31. The highest BCUT2D eigenvalue weighted by molar-refractivity contribution is 9.10. The van der Waals surface area contributed by atoms with Gasteiger partial charge in [0.05, 0.1) is 0 Å². The lowest BCUT2D eigenvalue weighted by atomic mass is 10.2. The summed E-state index contributed by atoms with van der Waals surface area (Å²) >= 11 is 3.31. The number of hydrogen-bond donors (Lipinski definition) is 0. The fourth-order valence-electron chi connectivity index (χ4n) is 1.36. The van der Waals surface area contributed by atoms with Crippen LogP contribution in [0.5, 0.6) is 11.6 Å². The SMILES string of the molecule is Cc1cccc(Oc2cc(Br)nc(C)n2)c1. The smallest absolute Gasteiger partial charge is 0.223 e. The third-order valence-corrected chi connectivity index (χ3v) is 2.40. The Morgan fingerprint density at radius 1 is 1.12 bits per heavy atom. The molecule has 0 aliphatic rings. The van der Waals surface area contributed by atoms with Crippen LogP contribution in [-0.2, 0) is 0 Å². The lowest BCUT2D eigenvalue weighted by molar-refractivity contribution is 0.459. The number of halogens is 1. The zero-order chi connectivity index (χ0) is 11.5. The van der Waals surface area contributed by atoms with Crippen LogP contribution < -0.4 is 4.74 Å². The molecule has 2 aromatic rings. The standard InChI is InChI=1S/C12H11BrN2O/c1-8-4-3-5-10(6-8)16-12-7-11(13)14-9(2)15-12/h3-7H,1-2H3. The highest BCUT2D eigenvalue weighted by Crippen LogP contribution is 2.22. The largest absolute Gasteiger partial charge is 0.439 e. The lowest BCUT2D eigenvalue weighted by Gasteiger charge is -2.06. The van der Waals surface area contributed by atoms with Gasteiger partial charge in [0, 0.05) is 6.07 Å². The van der Waals surface area contributed by atoms with Gasteiger partial charge in [-0.1, -0.05) is 12.1 Å². The first-order chi connectivity index (χ1) is 7.63. The van der Waals surface area contributed by atoms with Crippen molar-refractivity contribution < 1.29 is 4.74 Å². The number of aryl methyl sites for hydroxylation is 2. The summed E-state index contributed by atoms with van der Waals surface area (Å²) in [6, 6.07) is 9.58. The molecule has 0 N–H and O–H groups in total. The molecule has 4 heteroatoms. The molecule has 1 aromatic carbocycles. The van der Waals surface area contributed by atoms with Crippen molar-refractivity contribution in [2.45, 2.75) is 13.8 Å². The van der Waals surface area contributed by atoms with Crippen LogP contribution in [0.4, 0.5) is 0 Å². The molecule has 0 bridgehead atoms.